The van der Waals surface area contributed by atoms with Gasteiger partial charge in [-0.15, -0.1) is 0 Å². The molecule has 2 nitrogen and oxygen atoms in total. The molecule has 0 N–H and O–H groups in total. The molecule has 0 aliphatic heterocycles. The number of hydrogen-bond acceptors (Lipinski definition) is 2. The fourth-order valence-electron chi connectivity index (χ4n) is 1.37. The second-order valence-electron chi connectivity index (χ2n) is 3.60. The Morgan fingerprint density at radius 3 is 2.73 bits per heavy atom. The molecule has 0 radical (unpaired) electrons. The van der Waals surface area contributed by atoms with Crippen LogP contribution in [-0.4, -0.2) is 19.9 Å². The highest BCUT2D eigenvalue weighted by atomic mass is 79.9. The average Bonchev–Trinajstić information content (AvgIpc) is 2.25. The molecule has 0 saturated carbocycles. The molecule has 0 amide bonds. The molecule has 0 heterocycles. The van der Waals surface area contributed by atoms with Gasteiger partial charge in [-0.1, -0.05) is 13.3 Å². The molecular weight excluding hydrogens is 254 g/mol. The number of halogens is 1. The van der Waals surface area contributed by atoms with Crippen molar-refractivity contribution in [3.8, 4) is 0 Å². The number of nitrogens with zero attached hydrogens (tertiary/aromatic N) is 1. The quantitative estimate of drug-likeness (QED) is 0.763. The third-order valence-electron chi connectivity index (χ3n) is 2.40. The lowest BCUT2D eigenvalue weighted by Gasteiger charge is -2.19. The van der Waals surface area contributed by atoms with Crippen LogP contribution in [0.4, 0.5) is 5.69 Å². The van der Waals surface area contributed by atoms with E-state index in [-0.39, 0.29) is 0 Å². The van der Waals surface area contributed by atoms with Crippen LogP contribution in [0.15, 0.2) is 22.7 Å². The van der Waals surface area contributed by atoms with Crippen LogP contribution >= 0.6 is 15.9 Å². The van der Waals surface area contributed by atoms with Crippen LogP contribution in [0.25, 0.3) is 0 Å². The SMILES string of the molecule is CCCCN(C)c1ccc(C=O)c(Br)c1. The van der Waals surface area contributed by atoms with Crippen LogP contribution in [0.2, 0.25) is 0 Å². The van der Waals surface area contributed by atoms with Gasteiger partial charge in [0.15, 0.2) is 6.29 Å². The van der Waals surface area contributed by atoms with E-state index in [9.17, 15) is 4.79 Å². The second kappa shape index (κ2) is 5.91. The number of hydrogen-bond donors (Lipinski definition) is 0. The Hall–Kier alpha value is -0.830. The lowest BCUT2D eigenvalue weighted by atomic mass is 10.2. The van der Waals surface area contributed by atoms with Gasteiger partial charge in [-0.3, -0.25) is 4.79 Å². The average molecular weight is 270 g/mol. The van der Waals surface area contributed by atoms with Crippen molar-refractivity contribution in [3.05, 3.63) is 28.2 Å². The van der Waals surface area contributed by atoms with Gasteiger partial charge in [-0.05, 0) is 40.5 Å². The standard InChI is InChI=1S/C12H16BrNO/c1-3-4-7-14(2)11-6-5-10(9-15)12(13)8-11/h5-6,8-9H,3-4,7H2,1-2H3. The van der Waals surface area contributed by atoms with Crippen molar-refractivity contribution in [1.29, 1.82) is 0 Å². The number of aldehydes is 1. The van der Waals surface area contributed by atoms with Crippen molar-refractivity contribution in [2.45, 2.75) is 19.8 Å². The number of anilines is 1. The Bertz CT molecular complexity index is 338. The second-order valence-corrected chi connectivity index (χ2v) is 4.45. The number of carbonyl (C=O) groups is 1. The molecule has 0 atom stereocenters. The Kier molecular flexibility index (Phi) is 4.82. The maximum absolute atomic E-state index is 10.6. The summed E-state index contributed by atoms with van der Waals surface area (Å²) in [6, 6.07) is 5.80. The summed E-state index contributed by atoms with van der Waals surface area (Å²) in [5.74, 6) is 0. The molecule has 1 aromatic rings. The van der Waals surface area contributed by atoms with Gasteiger partial charge < -0.3 is 4.90 Å². The summed E-state index contributed by atoms with van der Waals surface area (Å²) >= 11 is 3.39. The van der Waals surface area contributed by atoms with Crippen LogP contribution in [0.3, 0.4) is 0 Å². The van der Waals surface area contributed by atoms with Crippen molar-refractivity contribution in [2.75, 3.05) is 18.5 Å². The summed E-state index contributed by atoms with van der Waals surface area (Å²) in [4.78, 5) is 12.8. The zero-order chi connectivity index (χ0) is 11.3. The van der Waals surface area contributed by atoms with Crippen LogP contribution in [0, 0.1) is 0 Å². The lowest BCUT2D eigenvalue weighted by molar-refractivity contribution is 0.112. The van der Waals surface area contributed by atoms with Crippen molar-refractivity contribution in [2.24, 2.45) is 0 Å². The normalized spacial score (nSPS) is 10.1. The Morgan fingerprint density at radius 2 is 2.20 bits per heavy atom. The first-order valence-electron chi connectivity index (χ1n) is 5.15. The topological polar surface area (TPSA) is 20.3 Å². The molecule has 3 heteroatoms. The molecule has 15 heavy (non-hydrogen) atoms. The van der Waals surface area contributed by atoms with E-state index in [2.05, 4.69) is 34.8 Å². The van der Waals surface area contributed by atoms with E-state index in [0.29, 0.717) is 5.56 Å². The van der Waals surface area contributed by atoms with Crippen molar-refractivity contribution >= 4 is 27.9 Å². The van der Waals surface area contributed by atoms with Crippen LogP contribution in [0.5, 0.6) is 0 Å². The highest BCUT2D eigenvalue weighted by molar-refractivity contribution is 9.10. The minimum Gasteiger partial charge on any atom is -0.375 e. The monoisotopic (exact) mass is 269 g/mol. The Labute approximate surface area is 99.4 Å². The summed E-state index contributed by atoms with van der Waals surface area (Å²) in [5, 5.41) is 0. The first-order valence-corrected chi connectivity index (χ1v) is 5.94. The fraction of sp³-hybridized carbons (Fsp3) is 0.417. The van der Waals surface area contributed by atoms with Crippen LogP contribution in [-0.2, 0) is 0 Å². The van der Waals surface area contributed by atoms with E-state index in [1.165, 1.54) is 12.8 Å². The lowest BCUT2D eigenvalue weighted by Crippen LogP contribution is -2.18. The van der Waals surface area contributed by atoms with Gasteiger partial charge in [-0.25, -0.2) is 0 Å². The summed E-state index contributed by atoms with van der Waals surface area (Å²) in [5.41, 5.74) is 1.84. The molecular formula is C12H16BrNO. The molecule has 0 aliphatic carbocycles. The smallest absolute Gasteiger partial charge is 0.151 e. The molecule has 0 fully saturated rings. The molecule has 0 aliphatic rings. The van der Waals surface area contributed by atoms with Gasteiger partial charge in [0.05, 0.1) is 0 Å². The summed E-state index contributed by atoms with van der Waals surface area (Å²) in [6.45, 7) is 3.22. The largest absolute Gasteiger partial charge is 0.375 e. The van der Waals surface area contributed by atoms with Gasteiger partial charge in [0.1, 0.15) is 0 Å². The third kappa shape index (κ3) is 3.34. The van der Waals surface area contributed by atoms with E-state index in [0.717, 1.165) is 23.0 Å². The van der Waals surface area contributed by atoms with Gasteiger partial charge >= 0.3 is 0 Å². The van der Waals surface area contributed by atoms with Gasteiger partial charge in [0.25, 0.3) is 0 Å². The van der Waals surface area contributed by atoms with Gasteiger partial charge in [-0.2, -0.15) is 0 Å². The first kappa shape index (κ1) is 12.2. The summed E-state index contributed by atoms with van der Waals surface area (Å²) < 4.78 is 0.860. The molecule has 0 saturated heterocycles. The third-order valence-corrected chi connectivity index (χ3v) is 3.09. The maximum atomic E-state index is 10.6. The zero-order valence-corrected chi connectivity index (χ0v) is 10.8. The van der Waals surface area contributed by atoms with Gasteiger partial charge in [0, 0.05) is 29.3 Å². The number of benzene rings is 1. The molecule has 0 aromatic heterocycles. The summed E-state index contributed by atoms with van der Waals surface area (Å²) in [7, 11) is 2.07. The Balaban J connectivity index is 2.77. The van der Waals surface area contributed by atoms with Gasteiger partial charge in [0.2, 0.25) is 0 Å². The van der Waals surface area contributed by atoms with Crippen molar-refractivity contribution in [3.63, 3.8) is 0 Å². The van der Waals surface area contributed by atoms with E-state index < -0.39 is 0 Å². The van der Waals surface area contributed by atoms with E-state index in [4.69, 9.17) is 0 Å². The molecule has 0 bridgehead atoms. The van der Waals surface area contributed by atoms with E-state index >= 15 is 0 Å². The number of carbonyl (C=O) groups excluding carboxylic acids is 1. The Morgan fingerprint density at radius 1 is 1.47 bits per heavy atom. The maximum Gasteiger partial charge on any atom is 0.151 e. The molecule has 82 valence electrons. The predicted molar refractivity (Wildman–Crippen MR) is 67.7 cm³/mol. The van der Waals surface area contributed by atoms with E-state index in [1.807, 2.05) is 18.2 Å². The number of rotatable bonds is 5. The zero-order valence-electron chi connectivity index (χ0n) is 9.16. The molecule has 1 aromatic carbocycles. The van der Waals surface area contributed by atoms with Crippen molar-refractivity contribution < 1.29 is 4.79 Å². The highest BCUT2D eigenvalue weighted by Gasteiger charge is 2.03. The molecule has 0 unspecified atom stereocenters. The number of unbranched alkanes of at least 4 members (excludes halogenated alkanes) is 1. The minimum atomic E-state index is 0.697. The first-order chi connectivity index (χ1) is 7.19. The molecule has 1 rings (SSSR count). The molecule has 0 spiro atoms. The van der Waals surface area contributed by atoms with Crippen LogP contribution < -0.4 is 4.90 Å². The van der Waals surface area contributed by atoms with Crippen molar-refractivity contribution in [1.82, 2.24) is 0 Å². The summed E-state index contributed by atoms with van der Waals surface area (Å²) in [6.07, 6.45) is 3.24. The highest BCUT2D eigenvalue weighted by Crippen LogP contribution is 2.22. The van der Waals surface area contributed by atoms with Crippen LogP contribution in [0.1, 0.15) is 30.1 Å². The predicted octanol–water partition coefficient (Wildman–Crippen LogP) is 3.50. The van der Waals surface area contributed by atoms with E-state index in [1.54, 1.807) is 0 Å². The fourth-order valence-corrected chi connectivity index (χ4v) is 1.83. The minimum absolute atomic E-state index is 0.697.